The van der Waals surface area contributed by atoms with Crippen LogP contribution < -0.4 is 10.6 Å². The first-order valence-electron chi connectivity index (χ1n) is 9.27. The number of carbonyl (C=O) groups excluding carboxylic acids is 3. The van der Waals surface area contributed by atoms with Crippen LogP contribution in [0.4, 0.5) is 10.5 Å². The molecule has 0 aromatic heterocycles. The number of carbonyl (C=O) groups is 3. The van der Waals surface area contributed by atoms with Crippen LogP contribution in [0.15, 0.2) is 36.9 Å². The Balaban J connectivity index is 1.99. The summed E-state index contributed by atoms with van der Waals surface area (Å²) >= 11 is 0. The summed E-state index contributed by atoms with van der Waals surface area (Å²) in [4.78, 5) is 36.3. The van der Waals surface area contributed by atoms with Gasteiger partial charge in [-0.1, -0.05) is 24.8 Å². The van der Waals surface area contributed by atoms with E-state index in [4.69, 9.17) is 9.16 Å². The monoisotopic (exact) mass is 404 g/mol. The average molecular weight is 405 g/mol. The quantitative estimate of drug-likeness (QED) is 0.285. The fourth-order valence-electron chi connectivity index (χ4n) is 3.18. The Morgan fingerprint density at radius 2 is 2.07 bits per heavy atom. The summed E-state index contributed by atoms with van der Waals surface area (Å²) in [5.41, 5.74) is 0.921. The summed E-state index contributed by atoms with van der Waals surface area (Å²) in [6, 6.07) is 6.38. The minimum Gasteiger partial charge on any atom is -0.445 e. The van der Waals surface area contributed by atoms with E-state index < -0.39 is 14.4 Å². The smallest absolute Gasteiger partial charge is 0.411 e. The Bertz CT molecular complexity index is 759. The number of Topliss-reactive ketones (excluding diaryl/α,β-unsaturated/α-hetero) is 1. The van der Waals surface area contributed by atoms with Crippen LogP contribution in [0.1, 0.15) is 23.7 Å². The van der Waals surface area contributed by atoms with Crippen LogP contribution in [0.3, 0.4) is 0 Å². The third-order valence-electron chi connectivity index (χ3n) is 4.28. The highest BCUT2D eigenvalue weighted by Crippen LogP contribution is 2.27. The lowest BCUT2D eigenvalue weighted by Gasteiger charge is -2.41. The number of ketones is 1. The third-order valence-corrected chi connectivity index (χ3v) is 5.36. The summed E-state index contributed by atoms with van der Waals surface area (Å²) in [5.74, 6) is -0.520. The van der Waals surface area contributed by atoms with Gasteiger partial charge in [0.2, 0.25) is 5.91 Å². The van der Waals surface area contributed by atoms with Crippen LogP contribution in [-0.4, -0.2) is 44.9 Å². The summed E-state index contributed by atoms with van der Waals surface area (Å²) in [6.07, 6.45) is 0.801. The molecule has 1 aliphatic rings. The Morgan fingerprint density at radius 1 is 1.36 bits per heavy atom. The maximum Gasteiger partial charge on any atom is 0.411 e. The zero-order valence-electron chi connectivity index (χ0n) is 16.8. The molecule has 0 aliphatic carbocycles. The number of hydrogen-bond acceptors (Lipinski definition) is 5. The number of amides is 2. The second kappa shape index (κ2) is 9.16. The van der Waals surface area contributed by atoms with E-state index in [0.29, 0.717) is 11.3 Å². The molecule has 0 bridgehead atoms. The van der Waals surface area contributed by atoms with Crippen molar-refractivity contribution in [3.8, 4) is 0 Å². The molecule has 1 aliphatic heterocycles. The van der Waals surface area contributed by atoms with Crippen LogP contribution in [-0.2, 0) is 14.0 Å². The molecule has 3 atom stereocenters. The van der Waals surface area contributed by atoms with Crippen molar-refractivity contribution in [1.29, 1.82) is 0 Å². The number of rotatable bonds is 9. The van der Waals surface area contributed by atoms with Gasteiger partial charge in [0.25, 0.3) is 0 Å². The zero-order chi connectivity index (χ0) is 20.9. The molecule has 0 spiro atoms. The number of hydrogen-bond donors (Lipinski definition) is 2. The van der Waals surface area contributed by atoms with Crippen LogP contribution >= 0.6 is 0 Å². The van der Waals surface area contributed by atoms with Crippen molar-refractivity contribution in [2.45, 2.75) is 45.1 Å². The standard InChI is InChI=1S/C20H28N2O5Si/c1-6-10-26-20(25)21-15-9-7-8-14(11-15)17(23)12-16-18(19(24)22-16)13(2)27-28(3,4)5/h6-9,11,13,16,18H,1,10,12H2,2-5H3,(H,21,25)(H,22,24)/t13-,16-,18-/m1/s1. The highest BCUT2D eigenvalue weighted by molar-refractivity contribution is 6.69. The van der Waals surface area contributed by atoms with E-state index in [0.717, 1.165) is 0 Å². The fraction of sp³-hybridized carbons (Fsp3) is 0.450. The molecule has 0 radical (unpaired) electrons. The highest BCUT2D eigenvalue weighted by Gasteiger charge is 2.45. The first-order valence-corrected chi connectivity index (χ1v) is 12.7. The molecule has 2 amide bonds. The lowest BCUT2D eigenvalue weighted by Crippen LogP contribution is -2.63. The topological polar surface area (TPSA) is 93.7 Å². The lowest BCUT2D eigenvalue weighted by atomic mass is 9.82. The highest BCUT2D eigenvalue weighted by atomic mass is 28.4. The van der Waals surface area contributed by atoms with Gasteiger partial charge in [-0.3, -0.25) is 14.9 Å². The van der Waals surface area contributed by atoms with E-state index in [2.05, 4.69) is 36.9 Å². The van der Waals surface area contributed by atoms with Gasteiger partial charge in [-0.25, -0.2) is 4.79 Å². The second-order valence-electron chi connectivity index (χ2n) is 7.80. The van der Waals surface area contributed by atoms with Crippen LogP contribution in [0, 0.1) is 5.92 Å². The van der Waals surface area contributed by atoms with E-state index in [9.17, 15) is 14.4 Å². The summed E-state index contributed by atoms with van der Waals surface area (Å²) in [7, 11) is -1.78. The maximum absolute atomic E-state index is 12.7. The predicted molar refractivity (Wildman–Crippen MR) is 110 cm³/mol. The van der Waals surface area contributed by atoms with Crippen molar-refractivity contribution < 1.29 is 23.5 Å². The Kier molecular flexibility index (Phi) is 7.15. The van der Waals surface area contributed by atoms with Crippen molar-refractivity contribution in [2.24, 2.45) is 5.92 Å². The van der Waals surface area contributed by atoms with Crippen molar-refractivity contribution in [1.82, 2.24) is 5.32 Å². The van der Waals surface area contributed by atoms with E-state index in [1.165, 1.54) is 6.08 Å². The molecule has 8 heteroatoms. The van der Waals surface area contributed by atoms with Gasteiger partial charge in [-0.05, 0) is 38.7 Å². The van der Waals surface area contributed by atoms with E-state index >= 15 is 0 Å². The van der Waals surface area contributed by atoms with E-state index in [1.54, 1.807) is 24.3 Å². The first kappa shape index (κ1) is 21.8. The predicted octanol–water partition coefficient (Wildman–Crippen LogP) is 3.35. The first-order chi connectivity index (χ1) is 13.1. The number of ether oxygens (including phenoxy) is 1. The van der Waals surface area contributed by atoms with Crippen molar-refractivity contribution >= 4 is 31.8 Å². The van der Waals surface area contributed by atoms with Gasteiger partial charge in [0.05, 0.1) is 18.1 Å². The minimum absolute atomic E-state index is 0.0797. The molecule has 1 saturated heterocycles. The number of benzene rings is 1. The van der Waals surface area contributed by atoms with Crippen LogP contribution in [0.5, 0.6) is 0 Å². The van der Waals surface area contributed by atoms with Gasteiger partial charge in [0, 0.05) is 17.7 Å². The molecule has 2 N–H and O–H groups in total. The molecule has 2 rings (SSSR count). The average Bonchev–Trinajstić information content (AvgIpc) is 2.57. The Hall–Kier alpha value is -2.45. The minimum atomic E-state index is -1.78. The van der Waals surface area contributed by atoms with Crippen LogP contribution in [0.2, 0.25) is 19.6 Å². The molecule has 1 aromatic rings. The SMILES string of the molecule is C=CCOC(=O)Nc1cccc(C(=O)C[C@H]2NC(=O)[C@@H]2[C@@H](C)O[Si](C)(C)C)c1. The molecular formula is C20H28N2O5Si. The Morgan fingerprint density at radius 3 is 2.68 bits per heavy atom. The number of anilines is 1. The van der Waals surface area contributed by atoms with Gasteiger partial charge in [0.15, 0.2) is 14.1 Å². The molecule has 0 unspecified atom stereocenters. The molecule has 28 heavy (non-hydrogen) atoms. The molecule has 1 fully saturated rings. The number of nitrogens with one attached hydrogen (secondary N) is 2. The van der Waals surface area contributed by atoms with Crippen LogP contribution in [0.25, 0.3) is 0 Å². The second-order valence-corrected chi connectivity index (χ2v) is 12.3. The van der Waals surface area contributed by atoms with Gasteiger partial charge in [-0.15, -0.1) is 0 Å². The largest absolute Gasteiger partial charge is 0.445 e. The van der Waals surface area contributed by atoms with E-state index in [-0.39, 0.29) is 42.8 Å². The summed E-state index contributed by atoms with van der Waals surface area (Å²) in [5, 5.41) is 5.37. The fourth-order valence-corrected chi connectivity index (χ4v) is 4.44. The molecule has 7 nitrogen and oxygen atoms in total. The summed E-state index contributed by atoms with van der Waals surface area (Å²) < 4.78 is 10.9. The Labute approximate surface area is 166 Å². The van der Waals surface area contributed by atoms with Gasteiger partial charge in [0.1, 0.15) is 6.61 Å². The number of β-lactam (4-membered cyclic amide) rings is 1. The lowest BCUT2D eigenvalue weighted by molar-refractivity contribution is -0.139. The normalized spacial score (nSPS) is 19.8. The van der Waals surface area contributed by atoms with Crippen molar-refractivity contribution in [3.63, 3.8) is 0 Å². The molecular weight excluding hydrogens is 376 g/mol. The van der Waals surface area contributed by atoms with Gasteiger partial charge < -0.3 is 14.5 Å². The summed E-state index contributed by atoms with van der Waals surface area (Å²) in [6.45, 7) is 11.7. The van der Waals surface area contributed by atoms with Crippen molar-refractivity contribution in [2.75, 3.05) is 11.9 Å². The van der Waals surface area contributed by atoms with Gasteiger partial charge >= 0.3 is 6.09 Å². The maximum atomic E-state index is 12.7. The van der Waals surface area contributed by atoms with Gasteiger partial charge in [-0.2, -0.15) is 0 Å². The molecule has 0 saturated carbocycles. The third kappa shape index (κ3) is 6.03. The molecule has 1 heterocycles. The molecule has 1 aromatic carbocycles. The van der Waals surface area contributed by atoms with E-state index in [1.807, 2.05) is 6.92 Å². The molecule has 152 valence electrons. The van der Waals surface area contributed by atoms with Crippen molar-refractivity contribution in [3.05, 3.63) is 42.5 Å². The zero-order valence-corrected chi connectivity index (χ0v) is 17.8.